The topological polar surface area (TPSA) is 107 Å². The first-order valence-electron chi connectivity index (χ1n) is 12.2. The van der Waals surface area contributed by atoms with Gasteiger partial charge in [0.25, 0.3) is 11.7 Å². The highest BCUT2D eigenvalue weighted by Crippen LogP contribution is 2.40. The molecule has 3 rings (SSSR count). The summed E-state index contributed by atoms with van der Waals surface area (Å²) < 4.78 is 31.6. The molecule has 0 aliphatic carbocycles. The molecular weight excluding hydrogens is 494 g/mol. The van der Waals surface area contributed by atoms with Crippen LogP contribution in [-0.2, 0) is 19.6 Å². The number of aliphatic hydroxyl groups is 1. The second-order valence-electron chi connectivity index (χ2n) is 9.38. The minimum absolute atomic E-state index is 0.0275. The zero-order valence-corrected chi connectivity index (χ0v) is 22.8. The normalized spacial score (nSPS) is 17.7. The fourth-order valence-corrected chi connectivity index (χ4v) is 5.03. The lowest BCUT2D eigenvalue weighted by Gasteiger charge is -2.26. The Kier molecular flexibility index (Phi) is 9.12. The number of amides is 1. The van der Waals surface area contributed by atoms with Gasteiger partial charge in [-0.15, -0.1) is 0 Å². The molecule has 9 nitrogen and oxygen atoms in total. The van der Waals surface area contributed by atoms with E-state index in [4.69, 9.17) is 4.74 Å². The summed E-state index contributed by atoms with van der Waals surface area (Å²) in [5.74, 6) is -1.13. The molecule has 37 heavy (non-hydrogen) atoms. The van der Waals surface area contributed by atoms with Crippen molar-refractivity contribution in [3.05, 3.63) is 65.2 Å². The van der Waals surface area contributed by atoms with E-state index in [1.54, 1.807) is 24.3 Å². The van der Waals surface area contributed by atoms with Gasteiger partial charge in [0.15, 0.2) is 0 Å². The van der Waals surface area contributed by atoms with E-state index in [0.29, 0.717) is 30.9 Å². The van der Waals surface area contributed by atoms with Crippen LogP contribution in [0.15, 0.2) is 59.0 Å². The average Bonchev–Trinajstić information content (AvgIpc) is 3.12. The summed E-state index contributed by atoms with van der Waals surface area (Å²) in [5, 5.41) is 11.2. The van der Waals surface area contributed by atoms with Crippen LogP contribution in [0.3, 0.4) is 0 Å². The van der Waals surface area contributed by atoms with E-state index in [-0.39, 0.29) is 21.8 Å². The van der Waals surface area contributed by atoms with E-state index in [0.717, 1.165) is 17.3 Å². The Balaban J connectivity index is 2.05. The molecule has 0 bridgehead atoms. The van der Waals surface area contributed by atoms with Gasteiger partial charge in [-0.2, -0.15) is 0 Å². The highest BCUT2D eigenvalue weighted by molar-refractivity contribution is 7.89. The van der Waals surface area contributed by atoms with Crippen molar-refractivity contribution in [2.24, 2.45) is 0 Å². The maximum Gasteiger partial charge on any atom is 0.295 e. The molecule has 200 valence electrons. The van der Waals surface area contributed by atoms with Crippen LogP contribution in [0, 0.1) is 0 Å². The number of sulfonamides is 1. The predicted octanol–water partition coefficient (Wildman–Crippen LogP) is 3.10. The summed E-state index contributed by atoms with van der Waals surface area (Å²) >= 11 is 0. The summed E-state index contributed by atoms with van der Waals surface area (Å²) in [7, 11) is 3.06. The third kappa shape index (κ3) is 6.20. The number of Topliss-reactive ketones (excluding diaryl/α,β-unsaturated/α-hetero) is 1. The number of hydrogen-bond acceptors (Lipinski definition) is 7. The molecule has 1 N–H and O–H groups in total. The van der Waals surface area contributed by atoms with Gasteiger partial charge in [-0.05, 0) is 75.4 Å². The van der Waals surface area contributed by atoms with Crippen LogP contribution < -0.4 is 4.74 Å². The lowest BCUT2D eigenvalue weighted by atomic mass is 9.95. The molecule has 1 aliphatic heterocycles. The summed E-state index contributed by atoms with van der Waals surface area (Å²) in [4.78, 5) is 29.8. The van der Waals surface area contributed by atoms with Gasteiger partial charge >= 0.3 is 0 Å². The fraction of sp³-hybridized carbons (Fsp3) is 0.407. The van der Waals surface area contributed by atoms with Gasteiger partial charge < -0.3 is 19.6 Å². The molecule has 2 aromatic rings. The van der Waals surface area contributed by atoms with Crippen molar-refractivity contribution in [2.75, 3.05) is 47.9 Å². The second-order valence-corrected chi connectivity index (χ2v) is 11.5. The molecule has 1 amide bonds. The lowest BCUT2D eigenvalue weighted by Crippen LogP contribution is -2.32. The van der Waals surface area contributed by atoms with Gasteiger partial charge in [-0.25, -0.2) is 12.7 Å². The molecule has 1 aliphatic rings. The van der Waals surface area contributed by atoms with Crippen LogP contribution >= 0.6 is 0 Å². The number of aliphatic hydroxyl groups excluding tert-OH is 1. The maximum atomic E-state index is 13.2. The van der Waals surface area contributed by atoms with E-state index in [1.807, 2.05) is 25.9 Å². The standard InChI is InChI=1S/C27H35N3O6S/c1-6-18-36-21-12-8-19(9-13-21)24-23(26(32)27(33)30(24)17-7-16-28(2)3)25(31)20-10-14-22(15-11-20)37(34,35)29(4)5/h8-15,24,31H,6-7,16-18H2,1-5H3/t24-/m1/s1. The zero-order chi connectivity index (χ0) is 27.3. The van der Waals surface area contributed by atoms with Gasteiger partial charge in [-0.1, -0.05) is 19.1 Å². The Morgan fingerprint density at radius 2 is 1.62 bits per heavy atom. The van der Waals surface area contributed by atoms with Gasteiger partial charge in [0.1, 0.15) is 11.5 Å². The number of benzene rings is 2. The number of rotatable bonds is 11. The number of hydrogen-bond donors (Lipinski definition) is 1. The van der Waals surface area contributed by atoms with E-state index in [1.165, 1.54) is 43.3 Å². The van der Waals surface area contributed by atoms with Crippen LogP contribution in [0.2, 0.25) is 0 Å². The van der Waals surface area contributed by atoms with Crippen LogP contribution in [0.25, 0.3) is 5.76 Å². The molecule has 10 heteroatoms. The molecule has 1 atom stereocenters. The number of ketones is 1. The molecule has 1 fully saturated rings. The molecule has 0 aromatic heterocycles. The van der Waals surface area contributed by atoms with Crippen LogP contribution in [0.1, 0.15) is 36.9 Å². The predicted molar refractivity (Wildman–Crippen MR) is 142 cm³/mol. The molecule has 0 saturated carbocycles. The van der Waals surface area contributed by atoms with Crippen molar-refractivity contribution >= 4 is 27.5 Å². The van der Waals surface area contributed by atoms with Gasteiger partial charge in [0.05, 0.1) is 23.1 Å². The first kappa shape index (κ1) is 28.4. The third-order valence-corrected chi connectivity index (χ3v) is 7.95. The summed E-state index contributed by atoms with van der Waals surface area (Å²) in [6.07, 6.45) is 1.51. The number of ether oxygens (including phenoxy) is 1. The zero-order valence-electron chi connectivity index (χ0n) is 22.0. The number of carbonyl (C=O) groups is 2. The highest BCUT2D eigenvalue weighted by Gasteiger charge is 2.45. The molecule has 0 spiro atoms. The molecule has 2 aromatic carbocycles. The summed E-state index contributed by atoms with van der Waals surface area (Å²) in [6.45, 7) is 3.64. The fourth-order valence-electron chi connectivity index (χ4n) is 4.13. The molecule has 0 radical (unpaired) electrons. The average molecular weight is 530 g/mol. The summed E-state index contributed by atoms with van der Waals surface area (Å²) in [5.41, 5.74) is 0.887. The van der Waals surface area contributed by atoms with Crippen molar-refractivity contribution in [3.8, 4) is 5.75 Å². The van der Waals surface area contributed by atoms with Crippen LogP contribution in [0.4, 0.5) is 0 Å². The van der Waals surface area contributed by atoms with Gasteiger partial charge in [0, 0.05) is 26.2 Å². The lowest BCUT2D eigenvalue weighted by molar-refractivity contribution is -0.139. The molecule has 1 saturated heterocycles. The smallest absolute Gasteiger partial charge is 0.295 e. The first-order chi connectivity index (χ1) is 17.5. The Morgan fingerprint density at radius 1 is 1.00 bits per heavy atom. The van der Waals surface area contributed by atoms with E-state index >= 15 is 0 Å². The second kappa shape index (κ2) is 11.9. The van der Waals surface area contributed by atoms with Crippen LogP contribution in [0.5, 0.6) is 5.75 Å². The first-order valence-corrected chi connectivity index (χ1v) is 13.6. The Hall–Kier alpha value is -3.21. The summed E-state index contributed by atoms with van der Waals surface area (Å²) in [6, 6.07) is 12.0. The molecular formula is C27H35N3O6S. The van der Waals surface area contributed by atoms with Crippen molar-refractivity contribution in [2.45, 2.75) is 30.7 Å². The molecule has 0 unspecified atom stereocenters. The highest BCUT2D eigenvalue weighted by atomic mass is 32.2. The van der Waals surface area contributed by atoms with Crippen molar-refractivity contribution in [1.82, 2.24) is 14.1 Å². The van der Waals surface area contributed by atoms with Gasteiger partial charge in [0.2, 0.25) is 10.0 Å². The van der Waals surface area contributed by atoms with Crippen molar-refractivity contribution < 1.29 is 27.9 Å². The number of likely N-dealkylation sites (tertiary alicyclic amines) is 1. The monoisotopic (exact) mass is 529 g/mol. The van der Waals surface area contributed by atoms with E-state index < -0.39 is 27.8 Å². The van der Waals surface area contributed by atoms with E-state index in [2.05, 4.69) is 0 Å². The maximum absolute atomic E-state index is 13.2. The third-order valence-electron chi connectivity index (χ3n) is 6.12. The minimum atomic E-state index is -3.66. The number of nitrogens with zero attached hydrogens (tertiary/aromatic N) is 3. The molecule has 1 heterocycles. The van der Waals surface area contributed by atoms with Crippen LogP contribution in [-0.4, -0.2) is 87.2 Å². The Labute approximate surface area is 219 Å². The van der Waals surface area contributed by atoms with Crippen molar-refractivity contribution in [1.29, 1.82) is 0 Å². The SMILES string of the molecule is CCCOc1ccc([C@@H]2C(=C(O)c3ccc(S(=O)(=O)N(C)C)cc3)C(=O)C(=O)N2CCCN(C)C)cc1. The minimum Gasteiger partial charge on any atom is -0.507 e. The number of carbonyl (C=O) groups excluding carboxylic acids is 2. The van der Waals surface area contributed by atoms with Crippen molar-refractivity contribution in [3.63, 3.8) is 0 Å². The largest absolute Gasteiger partial charge is 0.507 e. The Morgan fingerprint density at radius 3 is 2.16 bits per heavy atom. The van der Waals surface area contributed by atoms with Gasteiger partial charge in [-0.3, -0.25) is 9.59 Å². The van der Waals surface area contributed by atoms with E-state index in [9.17, 15) is 23.1 Å². The quantitative estimate of drug-likeness (QED) is 0.271. The Bertz CT molecular complexity index is 1250.